The minimum atomic E-state index is 0.507. The molecular formula is C15H13Cl2N3. The molecule has 0 fully saturated rings. The Labute approximate surface area is 127 Å². The molecule has 102 valence electrons. The summed E-state index contributed by atoms with van der Waals surface area (Å²) in [5.74, 6) is 0. The second-order valence-corrected chi connectivity index (χ2v) is 5.51. The number of aryl methyl sites for hydroxylation is 1. The molecule has 3 rings (SSSR count). The Morgan fingerprint density at radius 1 is 1.15 bits per heavy atom. The molecule has 2 aromatic heterocycles. The molecule has 0 amide bonds. The van der Waals surface area contributed by atoms with E-state index in [0.29, 0.717) is 16.7 Å². The number of nitrogens with zero attached hydrogens (tertiary/aromatic N) is 3. The van der Waals surface area contributed by atoms with E-state index >= 15 is 0 Å². The Morgan fingerprint density at radius 3 is 2.60 bits per heavy atom. The second-order valence-electron chi connectivity index (χ2n) is 4.77. The van der Waals surface area contributed by atoms with Crippen LogP contribution >= 0.6 is 23.2 Å². The summed E-state index contributed by atoms with van der Waals surface area (Å²) in [6, 6.07) is 9.96. The van der Waals surface area contributed by atoms with Crippen LogP contribution in [0.25, 0.3) is 10.9 Å². The fraction of sp³-hybridized carbons (Fsp3) is 0.200. The van der Waals surface area contributed by atoms with Crippen molar-refractivity contribution in [2.24, 2.45) is 0 Å². The van der Waals surface area contributed by atoms with Crippen LogP contribution in [0.5, 0.6) is 0 Å². The van der Waals surface area contributed by atoms with Crippen molar-refractivity contribution >= 4 is 34.1 Å². The molecule has 5 heteroatoms. The number of rotatable bonds is 2. The molecule has 0 saturated heterocycles. The first-order valence-corrected chi connectivity index (χ1v) is 7.05. The van der Waals surface area contributed by atoms with Gasteiger partial charge in [-0.3, -0.25) is 4.68 Å². The van der Waals surface area contributed by atoms with Gasteiger partial charge in [0.1, 0.15) is 5.15 Å². The summed E-state index contributed by atoms with van der Waals surface area (Å²) in [5, 5.41) is 6.70. The molecule has 0 aliphatic carbocycles. The molecule has 3 aromatic rings. The highest BCUT2D eigenvalue weighted by atomic mass is 35.5. The number of benzene rings is 1. The molecule has 0 spiro atoms. The number of halogens is 2. The van der Waals surface area contributed by atoms with E-state index < -0.39 is 0 Å². The molecule has 0 saturated carbocycles. The smallest absolute Gasteiger partial charge is 0.134 e. The quantitative estimate of drug-likeness (QED) is 0.657. The number of hydrogen-bond acceptors (Lipinski definition) is 2. The van der Waals surface area contributed by atoms with Gasteiger partial charge in [0.05, 0.1) is 28.5 Å². The molecule has 0 atom stereocenters. The van der Waals surface area contributed by atoms with E-state index in [0.717, 1.165) is 27.9 Å². The highest BCUT2D eigenvalue weighted by Gasteiger charge is 2.12. The van der Waals surface area contributed by atoms with Crippen molar-refractivity contribution in [3.05, 3.63) is 57.5 Å². The minimum Gasteiger partial charge on any atom is -0.264 e. The molecule has 0 N–H and O–H groups in total. The van der Waals surface area contributed by atoms with Gasteiger partial charge in [0.2, 0.25) is 0 Å². The lowest BCUT2D eigenvalue weighted by Gasteiger charge is -2.08. The molecule has 20 heavy (non-hydrogen) atoms. The summed E-state index contributed by atoms with van der Waals surface area (Å²) >= 11 is 12.4. The van der Waals surface area contributed by atoms with Gasteiger partial charge < -0.3 is 0 Å². The van der Waals surface area contributed by atoms with Gasteiger partial charge in [-0.2, -0.15) is 5.10 Å². The van der Waals surface area contributed by atoms with Gasteiger partial charge in [-0.1, -0.05) is 41.4 Å². The Balaban J connectivity index is 2.06. The molecule has 1 aromatic carbocycles. The van der Waals surface area contributed by atoms with Crippen LogP contribution in [0.4, 0.5) is 0 Å². The maximum Gasteiger partial charge on any atom is 0.134 e. The van der Waals surface area contributed by atoms with Crippen LogP contribution in [0.3, 0.4) is 0 Å². The number of aromatic nitrogens is 3. The molecule has 3 nitrogen and oxygen atoms in total. The zero-order valence-corrected chi connectivity index (χ0v) is 12.7. The van der Waals surface area contributed by atoms with Crippen LogP contribution < -0.4 is 0 Å². The summed E-state index contributed by atoms with van der Waals surface area (Å²) in [6.07, 6.45) is 0. The van der Waals surface area contributed by atoms with Gasteiger partial charge in [-0.25, -0.2) is 4.98 Å². The summed E-state index contributed by atoms with van der Waals surface area (Å²) in [6.45, 7) is 4.41. The van der Waals surface area contributed by atoms with E-state index in [2.05, 4.69) is 16.1 Å². The summed E-state index contributed by atoms with van der Waals surface area (Å²) < 4.78 is 1.86. The Morgan fingerprint density at radius 2 is 1.90 bits per heavy atom. The van der Waals surface area contributed by atoms with Crippen LogP contribution in [-0.2, 0) is 6.54 Å². The van der Waals surface area contributed by atoms with E-state index in [4.69, 9.17) is 23.2 Å². The standard InChI is InChI=1S/C15H13Cl2N3/c1-9-14(16)10(2)20(19-9)8-12-7-11-5-3-4-6-13(11)18-15(12)17/h3-7H,8H2,1-2H3. The number of fused-ring (bicyclic) bond motifs is 1. The van der Waals surface area contributed by atoms with Crippen molar-refractivity contribution < 1.29 is 0 Å². The normalized spacial score (nSPS) is 11.2. The van der Waals surface area contributed by atoms with Gasteiger partial charge in [0.15, 0.2) is 0 Å². The predicted octanol–water partition coefficient (Wildman–Crippen LogP) is 4.40. The van der Waals surface area contributed by atoms with E-state index in [1.807, 2.05) is 42.8 Å². The fourth-order valence-corrected chi connectivity index (χ4v) is 2.58. The van der Waals surface area contributed by atoms with Gasteiger partial charge in [-0.15, -0.1) is 0 Å². The van der Waals surface area contributed by atoms with Crippen LogP contribution in [0.15, 0.2) is 30.3 Å². The molecule has 0 aliphatic rings. The topological polar surface area (TPSA) is 30.7 Å². The largest absolute Gasteiger partial charge is 0.264 e. The van der Waals surface area contributed by atoms with E-state index in [1.54, 1.807) is 0 Å². The average molecular weight is 306 g/mol. The molecule has 0 radical (unpaired) electrons. The maximum absolute atomic E-state index is 6.27. The van der Waals surface area contributed by atoms with Crippen molar-refractivity contribution in [1.82, 2.24) is 14.8 Å². The number of pyridine rings is 1. The lowest BCUT2D eigenvalue weighted by Crippen LogP contribution is -2.05. The van der Waals surface area contributed by atoms with Crippen molar-refractivity contribution in [2.75, 3.05) is 0 Å². The third-order valence-electron chi connectivity index (χ3n) is 3.36. The summed E-state index contributed by atoms with van der Waals surface area (Å²) in [5.41, 5.74) is 3.60. The molecule has 0 bridgehead atoms. The van der Waals surface area contributed by atoms with E-state index in [-0.39, 0.29) is 0 Å². The van der Waals surface area contributed by atoms with Crippen molar-refractivity contribution in [1.29, 1.82) is 0 Å². The van der Waals surface area contributed by atoms with Crippen LogP contribution in [-0.4, -0.2) is 14.8 Å². The molecule has 2 heterocycles. The summed E-state index contributed by atoms with van der Waals surface area (Å²) in [4.78, 5) is 4.42. The van der Waals surface area contributed by atoms with Crippen molar-refractivity contribution in [2.45, 2.75) is 20.4 Å². The number of para-hydroxylation sites is 1. The average Bonchev–Trinajstić information content (AvgIpc) is 2.67. The van der Waals surface area contributed by atoms with E-state index in [1.165, 1.54) is 0 Å². The second kappa shape index (κ2) is 5.08. The first kappa shape index (κ1) is 13.4. The third-order valence-corrected chi connectivity index (χ3v) is 4.24. The molecule has 0 aliphatic heterocycles. The SMILES string of the molecule is Cc1nn(Cc2cc3ccccc3nc2Cl)c(C)c1Cl. The third kappa shape index (κ3) is 2.28. The fourth-order valence-electron chi connectivity index (χ4n) is 2.24. The highest BCUT2D eigenvalue weighted by molar-refractivity contribution is 6.32. The molecule has 0 unspecified atom stereocenters. The summed E-state index contributed by atoms with van der Waals surface area (Å²) in [7, 11) is 0. The highest BCUT2D eigenvalue weighted by Crippen LogP contribution is 2.24. The zero-order valence-electron chi connectivity index (χ0n) is 11.2. The Hall–Kier alpha value is -1.58. The van der Waals surface area contributed by atoms with Crippen molar-refractivity contribution in [3.8, 4) is 0 Å². The first-order chi connectivity index (χ1) is 9.56. The maximum atomic E-state index is 6.27. The lowest BCUT2D eigenvalue weighted by molar-refractivity contribution is 0.658. The van der Waals surface area contributed by atoms with Crippen molar-refractivity contribution in [3.63, 3.8) is 0 Å². The van der Waals surface area contributed by atoms with Gasteiger partial charge in [0, 0.05) is 10.9 Å². The van der Waals surface area contributed by atoms with Gasteiger partial charge in [0.25, 0.3) is 0 Å². The monoisotopic (exact) mass is 305 g/mol. The number of hydrogen-bond donors (Lipinski definition) is 0. The zero-order chi connectivity index (χ0) is 14.3. The minimum absolute atomic E-state index is 0.507. The van der Waals surface area contributed by atoms with Crippen LogP contribution in [0, 0.1) is 13.8 Å². The first-order valence-electron chi connectivity index (χ1n) is 6.30. The lowest BCUT2D eigenvalue weighted by atomic mass is 10.1. The Bertz CT molecular complexity index is 793. The van der Waals surface area contributed by atoms with Crippen LogP contribution in [0.1, 0.15) is 17.0 Å². The van der Waals surface area contributed by atoms with E-state index in [9.17, 15) is 0 Å². The van der Waals surface area contributed by atoms with Crippen LogP contribution in [0.2, 0.25) is 10.2 Å². The van der Waals surface area contributed by atoms with Gasteiger partial charge >= 0.3 is 0 Å². The Kier molecular flexibility index (Phi) is 3.40. The molecular weight excluding hydrogens is 293 g/mol. The van der Waals surface area contributed by atoms with Gasteiger partial charge in [-0.05, 0) is 26.0 Å². The predicted molar refractivity (Wildman–Crippen MR) is 82.6 cm³/mol.